The molecular weight excluding hydrogens is 394 g/mol. The van der Waals surface area contributed by atoms with Crippen molar-refractivity contribution in [2.75, 3.05) is 64.7 Å². The van der Waals surface area contributed by atoms with Crippen LogP contribution in [0.4, 0.5) is 5.69 Å². The van der Waals surface area contributed by atoms with Crippen LogP contribution in [0.25, 0.3) is 0 Å². The van der Waals surface area contributed by atoms with Crippen LogP contribution < -0.4 is 10.6 Å². The van der Waals surface area contributed by atoms with Gasteiger partial charge in [0, 0.05) is 39.8 Å². The van der Waals surface area contributed by atoms with Crippen LogP contribution in [0.3, 0.4) is 0 Å². The molecule has 0 aromatic heterocycles. The highest BCUT2D eigenvalue weighted by Gasteiger charge is 2.22. The molecule has 8 nitrogen and oxygen atoms in total. The largest absolute Gasteiger partial charge is 0.355 e. The lowest BCUT2D eigenvalue weighted by Crippen LogP contribution is -2.51. The second-order valence-electron chi connectivity index (χ2n) is 7.18. The summed E-state index contributed by atoms with van der Waals surface area (Å²) in [6.07, 6.45) is 0.865. The maximum Gasteiger partial charge on any atom is 0.239 e. The van der Waals surface area contributed by atoms with Gasteiger partial charge in [0.25, 0.3) is 0 Å². The maximum absolute atomic E-state index is 12.3. The third kappa shape index (κ3) is 8.00. The van der Waals surface area contributed by atoms with Gasteiger partial charge in [-0.05, 0) is 18.6 Å². The number of nitrogens with one attached hydrogen (secondary N) is 2. The minimum absolute atomic E-state index is 0.0705. The van der Waals surface area contributed by atoms with Gasteiger partial charge in [-0.15, -0.1) is 0 Å². The van der Waals surface area contributed by atoms with Gasteiger partial charge >= 0.3 is 0 Å². The number of rotatable bonds is 9. The summed E-state index contributed by atoms with van der Waals surface area (Å²) < 4.78 is 0. The van der Waals surface area contributed by atoms with E-state index in [1.807, 2.05) is 24.0 Å². The molecule has 0 radical (unpaired) electrons. The highest BCUT2D eigenvalue weighted by Crippen LogP contribution is 2.20. The fourth-order valence-electron chi connectivity index (χ4n) is 3.00. The number of carbonyl (C=O) groups is 3. The molecule has 0 atom stereocenters. The molecule has 0 unspecified atom stereocenters. The normalized spacial score (nSPS) is 15.0. The average Bonchev–Trinajstić information content (AvgIpc) is 2.69. The molecular formula is C20H30ClN5O3. The van der Waals surface area contributed by atoms with Gasteiger partial charge in [0.1, 0.15) is 0 Å². The summed E-state index contributed by atoms with van der Waals surface area (Å²) in [5.41, 5.74) is 0.606. The Morgan fingerprint density at radius 1 is 1.03 bits per heavy atom. The molecule has 0 spiro atoms. The highest BCUT2D eigenvalue weighted by molar-refractivity contribution is 6.33. The molecule has 1 saturated heterocycles. The molecule has 1 aliphatic rings. The van der Waals surface area contributed by atoms with E-state index in [0.29, 0.717) is 43.4 Å². The molecule has 1 aromatic rings. The van der Waals surface area contributed by atoms with E-state index in [-0.39, 0.29) is 37.4 Å². The van der Waals surface area contributed by atoms with Crippen LogP contribution in [0.1, 0.15) is 13.3 Å². The minimum Gasteiger partial charge on any atom is -0.355 e. The Morgan fingerprint density at radius 3 is 2.28 bits per heavy atom. The van der Waals surface area contributed by atoms with Crippen LogP contribution in [0.2, 0.25) is 5.02 Å². The number of hydrogen-bond acceptors (Lipinski definition) is 5. The Bertz CT molecular complexity index is 707. The topological polar surface area (TPSA) is 85.0 Å². The van der Waals surface area contributed by atoms with Crippen LogP contribution in [0.15, 0.2) is 24.3 Å². The summed E-state index contributed by atoms with van der Waals surface area (Å²) in [6, 6.07) is 7.13. The zero-order valence-corrected chi connectivity index (χ0v) is 17.9. The number of anilines is 1. The molecule has 1 aliphatic heterocycles. The van der Waals surface area contributed by atoms with Crippen LogP contribution >= 0.6 is 11.6 Å². The van der Waals surface area contributed by atoms with Gasteiger partial charge in [0.2, 0.25) is 17.7 Å². The summed E-state index contributed by atoms with van der Waals surface area (Å²) in [7, 11) is 1.64. The highest BCUT2D eigenvalue weighted by atomic mass is 35.5. The van der Waals surface area contributed by atoms with Crippen LogP contribution in [0, 0.1) is 0 Å². The molecule has 29 heavy (non-hydrogen) atoms. The molecule has 3 amide bonds. The minimum atomic E-state index is -0.142. The number of piperazine rings is 1. The lowest BCUT2D eigenvalue weighted by molar-refractivity contribution is -0.136. The number of carbonyl (C=O) groups excluding carboxylic acids is 3. The quantitative estimate of drug-likeness (QED) is 0.616. The molecule has 1 heterocycles. The van der Waals surface area contributed by atoms with Crippen molar-refractivity contribution in [3.63, 3.8) is 0 Å². The van der Waals surface area contributed by atoms with E-state index < -0.39 is 0 Å². The van der Waals surface area contributed by atoms with Gasteiger partial charge in [-0.1, -0.05) is 30.7 Å². The zero-order chi connectivity index (χ0) is 21.2. The number of likely N-dealkylation sites (N-methyl/N-ethyl adjacent to an activating group) is 1. The number of nitrogens with zero attached hydrogens (tertiary/aromatic N) is 3. The standard InChI is InChI=1S/C20H30ClN5O3/c1-3-8-22-18(27)13-24(2)20(29)15-26-11-9-25(10-12-26)14-19(28)23-17-7-5-4-6-16(17)21/h4-7H,3,8-15H2,1-2H3,(H,22,27)(H,23,28). The summed E-state index contributed by atoms with van der Waals surface area (Å²) in [5.74, 6) is -0.334. The Kier molecular flexibility index (Phi) is 9.37. The van der Waals surface area contributed by atoms with Gasteiger partial charge in [-0.25, -0.2) is 0 Å². The Balaban J connectivity index is 1.69. The molecule has 0 bridgehead atoms. The summed E-state index contributed by atoms with van der Waals surface area (Å²) in [6.45, 7) is 6.01. The Morgan fingerprint density at radius 2 is 1.66 bits per heavy atom. The van der Waals surface area contributed by atoms with Crippen molar-refractivity contribution < 1.29 is 14.4 Å². The fourth-order valence-corrected chi connectivity index (χ4v) is 3.18. The molecule has 160 valence electrons. The number of benzene rings is 1. The van der Waals surface area contributed by atoms with E-state index in [1.165, 1.54) is 4.90 Å². The first-order chi connectivity index (χ1) is 13.9. The van der Waals surface area contributed by atoms with Crippen molar-refractivity contribution in [3.8, 4) is 0 Å². The van der Waals surface area contributed by atoms with Crippen molar-refractivity contribution in [1.82, 2.24) is 20.0 Å². The third-order valence-electron chi connectivity index (χ3n) is 4.72. The smallest absolute Gasteiger partial charge is 0.239 e. The van der Waals surface area contributed by atoms with Crippen molar-refractivity contribution >= 4 is 35.0 Å². The van der Waals surface area contributed by atoms with Crippen molar-refractivity contribution in [1.29, 1.82) is 0 Å². The second kappa shape index (κ2) is 11.7. The Labute approximate surface area is 177 Å². The molecule has 2 rings (SSSR count). The van der Waals surface area contributed by atoms with Gasteiger partial charge in [0.05, 0.1) is 30.3 Å². The molecule has 0 aliphatic carbocycles. The van der Waals surface area contributed by atoms with Gasteiger partial charge in [-0.3, -0.25) is 24.2 Å². The lowest BCUT2D eigenvalue weighted by Gasteiger charge is -2.34. The van der Waals surface area contributed by atoms with Crippen molar-refractivity contribution in [2.45, 2.75) is 13.3 Å². The first-order valence-corrected chi connectivity index (χ1v) is 10.3. The van der Waals surface area contributed by atoms with Gasteiger partial charge in [0.15, 0.2) is 0 Å². The van der Waals surface area contributed by atoms with Crippen LogP contribution in [0.5, 0.6) is 0 Å². The van der Waals surface area contributed by atoms with Crippen molar-refractivity contribution in [2.24, 2.45) is 0 Å². The van der Waals surface area contributed by atoms with E-state index in [2.05, 4.69) is 15.5 Å². The van der Waals surface area contributed by atoms with Gasteiger partial charge < -0.3 is 15.5 Å². The maximum atomic E-state index is 12.3. The van der Waals surface area contributed by atoms with Crippen LogP contribution in [-0.2, 0) is 14.4 Å². The second-order valence-corrected chi connectivity index (χ2v) is 7.59. The van der Waals surface area contributed by atoms with E-state index in [9.17, 15) is 14.4 Å². The first kappa shape index (κ1) is 23.1. The zero-order valence-electron chi connectivity index (χ0n) is 17.1. The molecule has 1 fully saturated rings. The van der Waals surface area contributed by atoms with E-state index in [0.717, 1.165) is 6.42 Å². The molecule has 0 saturated carbocycles. The predicted octanol–water partition coefficient (Wildman–Crippen LogP) is 0.881. The first-order valence-electron chi connectivity index (χ1n) is 9.88. The predicted molar refractivity (Wildman–Crippen MR) is 114 cm³/mol. The Hall–Kier alpha value is -2.16. The summed E-state index contributed by atoms with van der Waals surface area (Å²) in [4.78, 5) is 41.9. The van der Waals surface area contributed by atoms with Crippen molar-refractivity contribution in [3.05, 3.63) is 29.3 Å². The monoisotopic (exact) mass is 423 g/mol. The molecule has 9 heteroatoms. The number of amides is 3. The molecule has 1 aromatic carbocycles. The van der Waals surface area contributed by atoms with E-state index >= 15 is 0 Å². The SMILES string of the molecule is CCCNC(=O)CN(C)C(=O)CN1CCN(CC(=O)Nc2ccccc2Cl)CC1. The summed E-state index contributed by atoms with van der Waals surface area (Å²) in [5, 5.41) is 6.10. The fraction of sp³-hybridized carbons (Fsp3) is 0.550. The summed E-state index contributed by atoms with van der Waals surface area (Å²) >= 11 is 6.06. The van der Waals surface area contributed by atoms with E-state index in [4.69, 9.17) is 11.6 Å². The average molecular weight is 424 g/mol. The lowest BCUT2D eigenvalue weighted by atomic mass is 10.3. The number of halogens is 1. The number of para-hydroxylation sites is 1. The number of hydrogen-bond donors (Lipinski definition) is 2. The van der Waals surface area contributed by atoms with Crippen LogP contribution in [-0.4, -0.2) is 91.8 Å². The molecule has 2 N–H and O–H groups in total. The van der Waals surface area contributed by atoms with E-state index in [1.54, 1.807) is 19.2 Å². The van der Waals surface area contributed by atoms with Gasteiger partial charge in [-0.2, -0.15) is 0 Å². The third-order valence-corrected chi connectivity index (χ3v) is 5.05.